The lowest BCUT2D eigenvalue weighted by Crippen LogP contribution is -2.39. The van der Waals surface area contributed by atoms with Gasteiger partial charge in [0, 0.05) is 30.4 Å². The standard InChI is InChI=1S/C22H23N3O4S/c1-16-6-5-13-25(15-16)30(27,28)19-11-9-18(10-12-19)23-22(26)20-14-21(29-24-20)17-7-3-2-4-8-17/h2-4,7-12,14,16H,5-6,13,15H2,1H3,(H,23,26)/t16-/m1/s1. The van der Waals surface area contributed by atoms with Crippen molar-refractivity contribution in [3.63, 3.8) is 0 Å². The highest BCUT2D eigenvalue weighted by Gasteiger charge is 2.28. The summed E-state index contributed by atoms with van der Waals surface area (Å²) in [6.45, 7) is 3.14. The fourth-order valence-electron chi connectivity index (χ4n) is 3.54. The summed E-state index contributed by atoms with van der Waals surface area (Å²) in [5.41, 5.74) is 1.45. The normalized spacial score (nSPS) is 17.6. The number of sulfonamides is 1. The van der Waals surface area contributed by atoms with Crippen LogP contribution < -0.4 is 5.32 Å². The third kappa shape index (κ3) is 4.29. The van der Waals surface area contributed by atoms with Crippen LogP contribution in [0.1, 0.15) is 30.3 Å². The van der Waals surface area contributed by atoms with Gasteiger partial charge in [0.2, 0.25) is 10.0 Å². The van der Waals surface area contributed by atoms with Gasteiger partial charge < -0.3 is 9.84 Å². The summed E-state index contributed by atoms with van der Waals surface area (Å²) in [4.78, 5) is 12.7. The molecular formula is C22H23N3O4S. The largest absolute Gasteiger partial charge is 0.355 e. The van der Waals surface area contributed by atoms with E-state index in [-0.39, 0.29) is 10.6 Å². The van der Waals surface area contributed by atoms with E-state index in [1.807, 2.05) is 30.3 Å². The van der Waals surface area contributed by atoms with Crippen LogP contribution in [0.3, 0.4) is 0 Å². The lowest BCUT2D eigenvalue weighted by atomic mass is 10.0. The number of hydrogen-bond donors (Lipinski definition) is 1. The van der Waals surface area contributed by atoms with Crippen molar-refractivity contribution in [3.05, 3.63) is 66.4 Å². The fraction of sp³-hybridized carbons (Fsp3) is 0.273. The van der Waals surface area contributed by atoms with Crippen LogP contribution in [-0.2, 0) is 10.0 Å². The average molecular weight is 426 g/mol. The van der Waals surface area contributed by atoms with Gasteiger partial charge in [-0.1, -0.05) is 42.4 Å². The molecule has 0 unspecified atom stereocenters. The van der Waals surface area contributed by atoms with Crippen LogP contribution in [0.15, 0.2) is 70.1 Å². The lowest BCUT2D eigenvalue weighted by molar-refractivity contribution is 0.101. The molecule has 1 saturated heterocycles. The molecule has 7 nitrogen and oxygen atoms in total. The van der Waals surface area contributed by atoms with Gasteiger partial charge in [-0.05, 0) is 43.0 Å². The summed E-state index contributed by atoms with van der Waals surface area (Å²) in [6.07, 6.45) is 1.92. The first kappa shape index (κ1) is 20.3. The van der Waals surface area contributed by atoms with Gasteiger partial charge >= 0.3 is 0 Å². The predicted octanol–water partition coefficient (Wildman–Crippen LogP) is 4.01. The molecule has 1 fully saturated rings. The van der Waals surface area contributed by atoms with Crippen LogP contribution in [-0.4, -0.2) is 36.9 Å². The number of nitrogens with one attached hydrogen (secondary N) is 1. The highest BCUT2D eigenvalue weighted by molar-refractivity contribution is 7.89. The monoisotopic (exact) mass is 425 g/mol. The number of anilines is 1. The van der Waals surface area contributed by atoms with Crippen molar-refractivity contribution < 1.29 is 17.7 Å². The Balaban J connectivity index is 1.45. The quantitative estimate of drug-likeness (QED) is 0.667. The second-order valence-corrected chi connectivity index (χ2v) is 9.47. The number of carbonyl (C=O) groups is 1. The van der Waals surface area contributed by atoms with E-state index in [0.29, 0.717) is 30.5 Å². The third-order valence-electron chi connectivity index (χ3n) is 5.17. The van der Waals surface area contributed by atoms with E-state index < -0.39 is 15.9 Å². The zero-order valence-electron chi connectivity index (χ0n) is 16.6. The summed E-state index contributed by atoms with van der Waals surface area (Å²) < 4.78 is 32.5. The number of benzene rings is 2. The number of carbonyl (C=O) groups excluding carboxylic acids is 1. The van der Waals surface area contributed by atoms with Crippen LogP contribution in [0.5, 0.6) is 0 Å². The Morgan fingerprint density at radius 2 is 1.87 bits per heavy atom. The van der Waals surface area contributed by atoms with Gasteiger partial charge in [-0.3, -0.25) is 4.79 Å². The molecule has 4 rings (SSSR count). The maximum absolute atomic E-state index is 12.8. The van der Waals surface area contributed by atoms with Crippen molar-refractivity contribution in [2.75, 3.05) is 18.4 Å². The summed E-state index contributed by atoms with van der Waals surface area (Å²) >= 11 is 0. The Morgan fingerprint density at radius 1 is 1.13 bits per heavy atom. The van der Waals surface area contributed by atoms with Gasteiger partial charge in [0.05, 0.1) is 4.90 Å². The van der Waals surface area contributed by atoms with Gasteiger partial charge in [-0.2, -0.15) is 4.31 Å². The molecule has 3 aromatic rings. The highest BCUT2D eigenvalue weighted by atomic mass is 32.2. The average Bonchev–Trinajstić information content (AvgIpc) is 3.25. The number of nitrogens with zero attached hydrogens (tertiary/aromatic N) is 2. The first-order valence-corrected chi connectivity index (χ1v) is 11.3. The minimum absolute atomic E-state index is 0.146. The van der Waals surface area contributed by atoms with Crippen LogP contribution in [0.25, 0.3) is 11.3 Å². The van der Waals surface area contributed by atoms with Crippen LogP contribution in [0.4, 0.5) is 5.69 Å². The Kier molecular flexibility index (Phi) is 5.69. The summed E-state index contributed by atoms with van der Waals surface area (Å²) in [5, 5.41) is 6.54. The highest BCUT2D eigenvalue weighted by Crippen LogP contribution is 2.25. The molecule has 0 radical (unpaired) electrons. The fourth-order valence-corrected chi connectivity index (χ4v) is 5.14. The van der Waals surface area contributed by atoms with E-state index in [1.54, 1.807) is 18.2 Å². The van der Waals surface area contributed by atoms with Crippen molar-refractivity contribution >= 4 is 21.6 Å². The molecule has 1 N–H and O–H groups in total. The SMILES string of the molecule is C[C@@H]1CCCN(S(=O)(=O)c2ccc(NC(=O)c3cc(-c4ccccc4)on3)cc2)C1. The van der Waals surface area contributed by atoms with Gasteiger partial charge in [0.25, 0.3) is 5.91 Å². The molecule has 1 amide bonds. The number of hydrogen-bond acceptors (Lipinski definition) is 5. The van der Waals surface area contributed by atoms with Gasteiger partial charge in [-0.25, -0.2) is 8.42 Å². The van der Waals surface area contributed by atoms with E-state index in [9.17, 15) is 13.2 Å². The summed E-state index contributed by atoms with van der Waals surface area (Å²) in [6, 6.07) is 17.1. The smallest absolute Gasteiger partial charge is 0.277 e. The van der Waals surface area contributed by atoms with Crippen molar-refractivity contribution in [2.45, 2.75) is 24.7 Å². The lowest BCUT2D eigenvalue weighted by Gasteiger charge is -2.30. The van der Waals surface area contributed by atoms with Crippen molar-refractivity contribution in [2.24, 2.45) is 5.92 Å². The number of rotatable bonds is 5. The number of aromatic nitrogens is 1. The van der Waals surface area contributed by atoms with Crippen molar-refractivity contribution in [3.8, 4) is 11.3 Å². The molecular weight excluding hydrogens is 402 g/mol. The Morgan fingerprint density at radius 3 is 2.57 bits per heavy atom. The molecule has 0 saturated carbocycles. The molecule has 30 heavy (non-hydrogen) atoms. The zero-order valence-corrected chi connectivity index (χ0v) is 17.4. The second kappa shape index (κ2) is 8.41. The van der Waals surface area contributed by atoms with E-state index in [4.69, 9.17) is 4.52 Å². The van der Waals surface area contributed by atoms with E-state index in [1.165, 1.54) is 16.4 Å². The Bertz CT molecular complexity index is 1120. The first-order valence-electron chi connectivity index (χ1n) is 9.87. The third-order valence-corrected chi connectivity index (χ3v) is 7.05. The molecule has 2 aromatic carbocycles. The molecule has 0 aliphatic carbocycles. The maximum atomic E-state index is 12.8. The van der Waals surface area contributed by atoms with Gasteiger partial charge in [-0.15, -0.1) is 0 Å². The van der Waals surface area contributed by atoms with Crippen molar-refractivity contribution in [1.82, 2.24) is 9.46 Å². The van der Waals surface area contributed by atoms with Gasteiger partial charge in [0.1, 0.15) is 0 Å². The van der Waals surface area contributed by atoms with Crippen LogP contribution >= 0.6 is 0 Å². The molecule has 8 heteroatoms. The second-order valence-electron chi connectivity index (χ2n) is 7.53. The molecule has 2 heterocycles. The maximum Gasteiger partial charge on any atom is 0.277 e. The van der Waals surface area contributed by atoms with E-state index >= 15 is 0 Å². The molecule has 0 spiro atoms. The van der Waals surface area contributed by atoms with Crippen LogP contribution in [0.2, 0.25) is 0 Å². The zero-order chi connectivity index (χ0) is 21.1. The Labute approximate surface area is 175 Å². The predicted molar refractivity (Wildman–Crippen MR) is 113 cm³/mol. The minimum Gasteiger partial charge on any atom is -0.355 e. The van der Waals surface area contributed by atoms with E-state index in [0.717, 1.165) is 18.4 Å². The minimum atomic E-state index is -3.53. The van der Waals surface area contributed by atoms with E-state index in [2.05, 4.69) is 17.4 Å². The topological polar surface area (TPSA) is 92.5 Å². The molecule has 1 aromatic heterocycles. The number of amides is 1. The molecule has 0 bridgehead atoms. The summed E-state index contributed by atoms with van der Waals surface area (Å²) in [7, 11) is -3.53. The van der Waals surface area contributed by atoms with Crippen LogP contribution in [0, 0.1) is 5.92 Å². The molecule has 1 aliphatic heterocycles. The first-order chi connectivity index (χ1) is 14.4. The van der Waals surface area contributed by atoms with Gasteiger partial charge in [0.15, 0.2) is 11.5 Å². The number of piperidine rings is 1. The molecule has 156 valence electrons. The van der Waals surface area contributed by atoms with Crippen molar-refractivity contribution in [1.29, 1.82) is 0 Å². The summed E-state index contributed by atoms with van der Waals surface area (Å²) in [5.74, 6) is 0.426. The Hall–Kier alpha value is -2.97. The molecule has 1 atom stereocenters. The molecule has 1 aliphatic rings.